The van der Waals surface area contributed by atoms with Gasteiger partial charge in [-0.1, -0.05) is 38.1 Å². The van der Waals surface area contributed by atoms with Crippen molar-refractivity contribution in [3.05, 3.63) is 76.9 Å². The molecule has 1 heterocycles. The Balaban J connectivity index is 2.10. The number of alkyl halides is 3. The van der Waals surface area contributed by atoms with E-state index in [2.05, 4.69) is 0 Å². The van der Waals surface area contributed by atoms with E-state index in [1.165, 1.54) is 24.3 Å². The predicted molar refractivity (Wildman–Crippen MR) is 126 cm³/mol. The highest BCUT2D eigenvalue weighted by atomic mass is 19.4. The van der Waals surface area contributed by atoms with E-state index in [-0.39, 0.29) is 29.3 Å². The topological polar surface area (TPSA) is 94.6 Å². The number of rotatable bonds is 7. The van der Waals surface area contributed by atoms with Gasteiger partial charge in [0.2, 0.25) is 5.91 Å². The lowest BCUT2D eigenvalue weighted by Crippen LogP contribution is -2.12. The van der Waals surface area contributed by atoms with Gasteiger partial charge in [-0.05, 0) is 47.4 Å². The summed E-state index contributed by atoms with van der Waals surface area (Å²) in [6.07, 6.45) is -4.55. The number of ether oxygens (including phenoxy) is 1. The summed E-state index contributed by atoms with van der Waals surface area (Å²) >= 11 is 0. The van der Waals surface area contributed by atoms with Crippen molar-refractivity contribution in [1.29, 1.82) is 0 Å². The number of amides is 1. The first-order valence-corrected chi connectivity index (χ1v) is 10.9. The average Bonchev–Trinajstić information content (AvgIpc) is 3.10. The summed E-state index contributed by atoms with van der Waals surface area (Å²) in [4.78, 5) is 23.5. The van der Waals surface area contributed by atoms with Crippen molar-refractivity contribution in [2.75, 3.05) is 6.61 Å². The summed E-state index contributed by atoms with van der Waals surface area (Å²) < 4.78 is 48.5. The molecule has 0 spiro atoms. The van der Waals surface area contributed by atoms with Crippen LogP contribution in [0.5, 0.6) is 5.75 Å². The third-order valence-electron chi connectivity index (χ3n) is 5.91. The summed E-state index contributed by atoms with van der Waals surface area (Å²) in [6, 6.07) is 13.6. The zero-order valence-corrected chi connectivity index (χ0v) is 19.0. The number of benzene rings is 3. The van der Waals surface area contributed by atoms with Gasteiger partial charge in [-0.25, -0.2) is 4.79 Å². The number of fused-ring (bicyclic) bond motifs is 3. The summed E-state index contributed by atoms with van der Waals surface area (Å²) in [5, 5.41) is 10.00. The van der Waals surface area contributed by atoms with Gasteiger partial charge in [0.15, 0.2) is 6.61 Å². The number of halogens is 3. The first kappa shape index (κ1) is 24.1. The Morgan fingerprint density at radius 3 is 2.37 bits per heavy atom. The number of hydrogen-bond donors (Lipinski definition) is 2. The maximum absolute atomic E-state index is 13.7. The van der Waals surface area contributed by atoms with Crippen LogP contribution in [0.4, 0.5) is 13.2 Å². The molecule has 0 saturated heterocycles. The Morgan fingerprint density at radius 1 is 1.03 bits per heavy atom. The first-order valence-electron chi connectivity index (χ1n) is 10.9. The van der Waals surface area contributed by atoms with Crippen molar-refractivity contribution in [2.24, 2.45) is 5.73 Å². The quantitative estimate of drug-likeness (QED) is 0.360. The molecule has 3 aromatic carbocycles. The number of primary amides is 1. The number of nitrogens with two attached hydrogens (primary N) is 1. The van der Waals surface area contributed by atoms with Gasteiger partial charge in [-0.3, -0.25) is 4.79 Å². The molecule has 0 bridgehead atoms. The minimum absolute atomic E-state index is 0.0103. The Bertz CT molecular complexity index is 1450. The van der Waals surface area contributed by atoms with Crippen molar-refractivity contribution in [3.8, 4) is 5.75 Å². The maximum Gasteiger partial charge on any atom is 0.416 e. The molecule has 1 aromatic heterocycles. The highest BCUT2D eigenvalue weighted by Crippen LogP contribution is 2.41. The number of aromatic nitrogens is 1. The standard InChI is InChI=1S/C26H23F3N2O4/c1-14(2)16-10-20-24(21(11-16)35-13-22(32)33)23-17(25(30)34)7-5-9-19(23)31(20)12-15-6-3-4-8-18(15)26(27,28)29/h3-11,14H,12-13H2,1-2H3,(H2,30,34)(H,32,33). The van der Waals surface area contributed by atoms with Crippen LogP contribution < -0.4 is 10.5 Å². The number of carboxylic acids is 1. The summed E-state index contributed by atoms with van der Waals surface area (Å²) in [6.45, 7) is 3.10. The van der Waals surface area contributed by atoms with E-state index in [9.17, 15) is 27.9 Å². The van der Waals surface area contributed by atoms with E-state index in [0.29, 0.717) is 21.8 Å². The molecule has 0 unspecified atom stereocenters. The predicted octanol–water partition coefficient (Wildman–Crippen LogP) is 5.55. The number of hydrogen-bond acceptors (Lipinski definition) is 3. The highest BCUT2D eigenvalue weighted by molar-refractivity contribution is 6.20. The van der Waals surface area contributed by atoms with E-state index in [4.69, 9.17) is 10.5 Å². The van der Waals surface area contributed by atoms with Gasteiger partial charge in [0.25, 0.3) is 0 Å². The summed E-state index contributed by atoms with van der Waals surface area (Å²) in [5.74, 6) is -1.68. The van der Waals surface area contributed by atoms with E-state index in [0.717, 1.165) is 11.6 Å². The second kappa shape index (κ2) is 8.98. The van der Waals surface area contributed by atoms with Crippen LogP contribution in [0.1, 0.15) is 46.8 Å². The molecule has 1 amide bonds. The molecule has 0 aliphatic rings. The van der Waals surface area contributed by atoms with E-state index in [1.807, 2.05) is 19.9 Å². The van der Waals surface area contributed by atoms with Crippen LogP contribution in [0.3, 0.4) is 0 Å². The average molecular weight is 484 g/mol. The van der Waals surface area contributed by atoms with Crippen molar-refractivity contribution in [2.45, 2.75) is 32.5 Å². The Morgan fingerprint density at radius 2 is 1.74 bits per heavy atom. The van der Waals surface area contributed by atoms with Crippen LogP contribution in [-0.2, 0) is 17.5 Å². The lowest BCUT2D eigenvalue weighted by Gasteiger charge is -2.16. The van der Waals surface area contributed by atoms with Crippen LogP contribution in [0.2, 0.25) is 0 Å². The van der Waals surface area contributed by atoms with Gasteiger partial charge in [0, 0.05) is 17.5 Å². The third-order valence-corrected chi connectivity index (χ3v) is 5.91. The second-order valence-electron chi connectivity index (χ2n) is 8.56. The SMILES string of the molecule is CC(C)c1cc(OCC(=O)O)c2c3c(C(N)=O)cccc3n(Cc3ccccc3C(F)(F)F)c2c1. The molecule has 6 nitrogen and oxygen atoms in total. The Hall–Kier alpha value is -4.01. The number of carboxylic acid groups (broad SMARTS) is 1. The van der Waals surface area contributed by atoms with Crippen LogP contribution >= 0.6 is 0 Å². The molecule has 0 saturated carbocycles. The minimum Gasteiger partial charge on any atom is -0.481 e. The first-order chi connectivity index (χ1) is 16.5. The molecule has 182 valence electrons. The Labute approximate surface area is 198 Å². The molecule has 3 N–H and O–H groups in total. The molecule has 0 aliphatic carbocycles. The highest BCUT2D eigenvalue weighted by Gasteiger charge is 2.33. The van der Waals surface area contributed by atoms with Gasteiger partial charge in [-0.2, -0.15) is 13.2 Å². The molecule has 0 radical (unpaired) electrons. The molecule has 0 fully saturated rings. The van der Waals surface area contributed by atoms with Crippen LogP contribution in [0.25, 0.3) is 21.8 Å². The van der Waals surface area contributed by atoms with Crippen LogP contribution in [0.15, 0.2) is 54.6 Å². The fourth-order valence-corrected chi connectivity index (χ4v) is 4.31. The van der Waals surface area contributed by atoms with E-state index >= 15 is 0 Å². The Kier molecular flexibility index (Phi) is 6.19. The van der Waals surface area contributed by atoms with Gasteiger partial charge in [0.05, 0.1) is 22.0 Å². The molecule has 0 aliphatic heterocycles. The monoisotopic (exact) mass is 484 g/mol. The lowest BCUT2D eigenvalue weighted by atomic mass is 9.99. The van der Waals surface area contributed by atoms with E-state index < -0.39 is 30.2 Å². The summed E-state index contributed by atoms with van der Waals surface area (Å²) in [7, 11) is 0. The molecule has 4 aromatic rings. The smallest absolute Gasteiger partial charge is 0.416 e. The van der Waals surface area contributed by atoms with Gasteiger partial charge < -0.3 is 20.1 Å². The molecule has 0 atom stereocenters. The van der Waals surface area contributed by atoms with Gasteiger partial charge >= 0.3 is 12.1 Å². The van der Waals surface area contributed by atoms with Crippen molar-refractivity contribution in [3.63, 3.8) is 0 Å². The molecule has 4 rings (SSSR count). The lowest BCUT2D eigenvalue weighted by molar-refractivity contribution is -0.139. The van der Waals surface area contributed by atoms with Gasteiger partial charge in [0.1, 0.15) is 5.75 Å². The number of aliphatic carboxylic acids is 1. The zero-order chi connectivity index (χ0) is 25.5. The third kappa shape index (κ3) is 4.53. The largest absolute Gasteiger partial charge is 0.481 e. The van der Waals surface area contributed by atoms with Crippen molar-refractivity contribution >= 4 is 33.7 Å². The van der Waals surface area contributed by atoms with Crippen molar-refractivity contribution < 1.29 is 32.6 Å². The molecular formula is C26H23F3N2O4. The molecular weight excluding hydrogens is 461 g/mol. The van der Waals surface area contributed by atoms with Crippen LogP contribution in [0, 0.1) is 0 Å². The summed E-state index contributed by atoms with van der Waals surface area (Å²) in [5.41, 5.74) is 6.87. The van der Waals surface area contributed by atoms with Gasteiger partial charge in [-0.15, -0.1) is 0 Å². The minimum atomic E-state index is -4.55. The van der Waals surface area contributed by atoms with Crippen molar-refractivity contribution in [1.82, 2.24) is 4.57 Å². The zero-order valence-electron chi connectivity index (χ0n) is 19.0. The maximum atomic E-state index is 13.7. The number of carbonyl (C=O) groups excluding carboxylic acids is 1. The number of nitrogens with zero attached hydrogens (tertiary/aromatic N) is 1. The fraction of sp³-hybridized carbons (Fsp3) is 0.231. The normalized spacial score (nSPS) is 11.9. The molecule has 9 heteroatoms. The van der Waals surface area contributed by atoms with E-state index in [1.54, 1.807) is 22.8 Å². The fourth-order valence-electron chi connectivity index (χ4n) is 4.31. The number of carbonyl (C=O) groups is 2. The van der Waals surface area contributed by atoms with Crippen LogP contribution in [-0.4, -0.2) is 28.2 Å². The molecule has 35 heavy (non-hydrogen) atoms. The second-order valence-corrected chi connectivity index (χ2v) is 8.56.